The molecule has 0 atom stereocenters. The van der Waals surface area contributed by atoms with E-state index in [1.165, 1.54) is 12.2 Å². The summed E-state index contributed by atoms with van der Waals surface area (Å²) < 4.78 is 4.60. The SMILES string of the molecule is ClCc1nc2cc(I)ccc2n1CCc1ccc(Br)s1. The van der Waals surface area contributed by atoms with Crippen molar-refractivity contribution in [3.8, 4) is 0 Å². The van der Waals surface area contributed by atoms with Gasteiger partial charge in [0.15, 0.2) is 0 Å². The highest BCUT2D eigenvalue weighted by molar-refractivity contribution is 14.1. The van der Waals surface area contributed by atoms with Crippen LogP contribution in [-0.4, -0.2) is 9.55 Å². The molecular weight excluding hydrogens is 470 g/mol. The van der Waals surface area contributed by atoms with Crippen molar-refractivity contribution in [1.82, 2.24) is 9.55 Å². The molecule has 0 spiro atoms. The van der Waals surface area contributed by atoms with Crippen LogP contribution in [-0.2, 0) is 18.8 Å². The van der Waals surface area contributed by atoms with Crippen LogP contribution in [0.2, 0.25) is 0 Å². The molecule has 0 unspecified atom stereocenters. The number of thiophene rings is 1. The average molecular weight is 482 g/mol. The van der Waals surface area contributed by atoms with Crippen LogP contribution in [0, 0.1) is 3.57 Å². The lowest BCUT2D eigenvalue weighted by Gasteiger charge is -2.06. The fraction of sp³-hybridized carbons (Fsp3) is 0.214. The molecule has 0 N–H and O–H groups in total. The molecule has 0 fully saturated rings. The molecule has 20 heavy (non-hydrogen) atoms. The first-order chi connectivity index (χ1) is 9.67. The van der Waals surface area contributed by atoms with Gasteiger partial charge in [0.25, 0.3) is 0 Å². The molecule has 3 aromatic rings. The molecule has 2 heterocycles. The summed E-state index contributed by atoms with van der Waals surface area (Å²) >= 11 is 13.6. The average Bonchev–Trinajstić information content (AvgIpc) is 2.99. The molecule has 2 aromatic heterocycles. The molecule has 0 aliphatic rings. The van der Waals surface area contributed by atoms with E-state index >= 15 is 0 Å². The summed E-state index contributed by atoms with van der Waals surface area (Å²) in [5.74, 6) is 1.39. The van der Waals surface area contributed by atoms with E-state index in [1.54, 1.807) is 11.3 Å². The minimum Gasteiger partial charge on any atom is -0.327 e. The number of hydrogen-bond donors (Lipinski definition) is 0. The van der Waals surface area contributed by atoms with Gasteiger partial charge in [0.05, 0.1) is 20.7 Å². The van der Waals surface area contributed by atoms with E-state index in [2.05, 4.69) is 78.4 Å². The van der Waals surface area contributed by atoms with Crippen LogP contribution >= 0.6 is 61.5 Å². The highest BCUT2D eigenvalue weighted by Crippen LogP contribution is 2.24. The summed E-state index contributed by atoms with van der Waals surface area (Å²) in [4.78, 5) is 6.00. The van der Waals surface area contributed by atoms with Gasteiger partial charge in [0, 0.05) is 15.0 Å². The van der Waals surface area contributed by atoms with Crippen LogP contribution in [0.5, 0.6) is 0 Å². The van der Waals surface area contributed by atoms with Gasteiger partial charge >= 0.3 is 0 Å². The minimum absolute atomic E-state index is 0.444. The minimum atomic E-state index is 0.444. The molecule has 0 bridgehead atoms. The first kappa shape index (κ1) is 14.8. The number of rotatable bonds is 4. The normalized spacial score (nSPS) is 11.3. The van der Waals surface area contributed by atoms with Crippen molar-refractivity contribution >= 4 is 72.5 Å². The number of hydrogen-bond acceptors (Lipinski definition) is 2. The first-order valence-corrected chi connectivity index (χ1v) is 9.34. The van der Waals surface area contributed by atoms with E-state index in [4.69, 9.17) is 11.6 Å². The number of nitrogens with zero attached hydrogens (tertiary/aromatic N) is 2. The zero-order chi connectivity index (χ0) is 14.1. The molecular formula is C14H11BrClIN2S. The molecule has 6 heteroatoms. The van der Waals surface area contributed by atoms with E-state index in [0.29, 0.717) is 5.88 Å². The van der Waals surface area contributed by atoms with Crippen molar-refractivity contribution in [3.05, 3.63) is 48.4 Å². The second-order valence-corrected chi connectivity index (χ2v) is 8.46. The van der Waals surface area contributed by atoms with Crippen molar-refractivity contribution in [2.45, 2.75) is 18.8 Å². The Morgan fingerprint density at radius 3 is 2.85 bits per heavy atom. The number of aromatic nitrogens is 2. The molecule has 0 saturated carbocycles. The third-order valence-electron chi connectivity index (χ3n) is 3.12. The molecule has 0 amide bonds. The predicted octanol–water partition coefficient (Wildman–Crippen LogP) is 5.45. The third-order valence-corrected chi connectivity index (χ3v) is 5.71. The smallest absolute Gasteiger partial charge is 0.124 e. The van der Waals surface area contributed by atoms with Crippen molar-refractivity contribution in [1.29, 1.82) is 0 Å². The molecule has 0 radical (unpaired) electrons. The van der Waals surface area contributed by atoms with Gasteiger partial charge in [-0.25, -0.2) is 4.98 Å². The van der Waals surface area contributed by atoms with E-state index in [-0.39, 0.29) is 0 Å². The lowest BCUT2D eigenvalue weighted by molar-refractivity contribution is 0.693. The number of imidazole rings is 1. The molecule has 1 aromatic carbocycles. The fourth-order valence-corrected chi connectivity index (χ4v) is 4.36. The maximum Gasteiger partial charge on any atom is 0.124 e. The molecule has 2 nitrogen and oxygen atoms in total. The maximum absolute atomic E-state index is 6.04. The van der Waals surface area contributed by atoms with Gasteiger partial charge in [0.1, 0.15) is 5.82 Å². The van der Waals surface area contributed by atoms with Crippen LogP contribution in [0.4, 0.5) is 0 Å². The number of benzene rings is 1. The lowest BCUT2D eigenvalue weighted by Crippen LogP contribution is -2.04. The predicted molar refractivity (Wildman–Crippen MR) is 97.7 cm³/mol. The molecule has 0 saturated heterocycles. The Balaban J connectivity index is 1.93. The van der Waals surface area contributed by atoms with Crippen LogP contribution in [0.1, 0.15) is 10.7 Å². The Morgan fingerprint density at radius 1 is 1.30 bits per heavy atom. The van der Waals surface area contributed by atoms with Gasteiger partial charge in [-0.1, -0.05) is 0 Å². The Hall–Kier alpha value is -0.110. The van der Waals surface area contributed by atoms with Crippen LogP contribution in [0.3, 0.4) is 0 Å². The van der Waals surface area contributed by atoms with E-state index < -0.39 is 0 Å². The Morgan fingerprint density at radius 2 is 2.15 bits per heavy atom. The topological polar surface area (TPSA) is 17.8 Å². The summed E-state index contributed by atoms with van der Waals surface area (Å²) in [6.07, 6.45) is 0.998. The Kier molecular flexibility index (Phi) is 4.69. The Bertz CT molecular complexity index is 753. The second-order valence-electron chi connectivity index (χ2n) is 4.40. The van der Waals surface area contributed by atoms with Gasteiger partial charge < -0.3 is 4.57 Å². The Labute approximate surface area is 148 Å². The largest absolute Gasteiger partial charge is 0.327 e. The second kappa shape index (κ2) is 6.34. The lowest BCUT2D eigenvalue weighted by atomic mass is 10.3. The number of fused-ring (bicyclic) bond motifs is 1. The zero-order valence-corrected chi connectivity index (χ0v) is 15.8. The third kappa shape index (κ3) is 3.05. The van der Waals surface area contributed by atoms with Gasteiger partial charge in [-0.15, -0.1) is 22.9 Å². The summed E-state index contributed by atoms with van der Waals surface area (Å²) in [6.45, 7) is 0.909. The summed E-state index contributed by atoms with van der Waals surface area (Å²) in [5, 5.41) is 0. The van der Waals surface area contributed by atoms with Gasteiger partial charge in [-0.05, 0) is 75.3 Å². The van der Waals surface area contributed by atoms with Gasteiger partial charge in [0.2, 0.25) is 0 Å². The van der Waals surface area contributed by atoms with Gasteiger partial charge in [-0.3, -0.25) is 0 Å². The van der Waals surface area contributed by atoms with E-state index in [1.807, 2.05) is 0 Å². The first-order valence-electron chi connectivity index (χ1n) is 6.12. The fourth-order valence-electron chi connectivity index (χ4n) is 2.21. The van der Waals surface area contributed by atoms with Crippen LogP contribution < -0.4 is 0 Å². The van der Waals surface area contributed by atoms with Crippen molar-refractivity contribution in [2.75, 3.05) is 0 Å². The number of halogens is 3. The summed E-state index contributed by atoms with van der Waals surface area (Å²) in [5.41, 5.74) is 2.19. The van der Waals surface area contributed by atoms with E-state index in [9.17, 15) is 0 Å². The summed E-state index contributed by atoms with van der Waals surface area (Å²) in [6, 6.07) is 10.6. The molecule has 0 aliphatic heterocycles. The monoisotopic (exact) mass is 480 g/mol. The van der Waals surface area contributed by atoms with Gasteiger partial charge in [-0.2, -0.15) is 0 Å². The summed E-state index contributed by atoms with van der Waals surface area (Å²) in [7, 11) is 0. The highest BCUT2D eigenvalue weighted by atomic mass is 127. The number of aryl methyl sites for hydroxylation is 2. The maximum atomic E-state index is 6.04. The number of alkyl halides is 1. The quantitative estimate of drug-likeness (QED) is 0.358. The van der Waals surface area contributed by atoms with E-state index in [0.717, 1.165) is 29.8 Å². The molecule has 3 rings (SSSR count). The van der Waals surface area contributed by atoms with Crippen LogP contribution in [0.25, 0.3) is 11.0 Å². The highest BCUT2D eigenvalue weighted by Gasteiger charge is 2.10. The molecule has 0 aliphatic carbocycles. The van der Waals surface area contributed by atoms with Crippen molar-refractivity contribution in [2.24, 2.45) is 0 Å². The van der Waals surface area contributed by atoms with Crippen molar-refractivity contribution in [3.63, 3.8) is 0 Å². The van der Waals surface area contributed by atoms with Crippen molar-refractivity contribution < 1.29 is 0 Å². The zero-order valence-electron chi connectivity index (χ0n) is 10.4. The standard InChI is InChI=1S/C14H11BrClIN2S/c15-13-4-2-10(20-13)5-6-19-12-3-1-9(17)7-11(12)18-14(19)8-16/h1-4,7H,5-6,8H2. The van der Waals surface area contributed by atoms with Crippen LogP contribution in [0.15, 0.2) is 34.1 Å². The molecule has 104 valence electrons.